The Kier molecular flexibility index (Phi) is 3.93. The minimum absolute atomic E-state index is 0.118. The van der Waals surface area contributed by atoms with Gasteiger partial charge in [0.1, 0.15) is 11.7 Å². The van der Waals surface area contributed by atoms with E-state index >= 15 is 0 Å². The average molecular weight is 251 g/mol. The molecule has 1 aromatic rings. The van der Waals surface area contributed by atoms with Crippen molar-refractivity contribution in [3.63, 3.8) is 0 Å². The van der Waals surface area contributed by atoms with Crippen molar-refractivity contribution in [2.45, 2.75) is 25.4 Å². The van der Waals surface area contributed by atoms with Gasteiger partial charge in [-0.1, -0.05) is 12.1 Å². The Morgan fingerprint density at radius 1 is 1.56 bits per heavy atom. The third-order valence-electron chi connectivity index (χ3n) is 3.45. The molecule has 1 aliphatic heterocycles. The van der Waals surface area contributed by atoms with Crippen LogP contribution in [0.1, 0.15) is 24.0 Å². The van der Waals surface area contributed by atoms with E-state index in [1.54, 1.807) is 12.1 Å². The number of nitrogens with two attached hydrogens (primary N) is 1. The Balaban J connectivity index is 2.12. The van der Waals surface area contributed by atoms with Crippen LogP contribution < -0.4 is 5.73 Å². The second kappa shape index (κ2) is 5.46. The maximum absolute atomic E-state index is 13.9. The summed E-state index contributed by atoms with van der Waals surface area (Å²) >= 11 is 0. The summed E-state index contributed by atoms with van der Waals surface area (Å²) in [6, 6.07) is 4.75. The zero-order valence-electron chi connectivity index (χ0n) is 10.2. The van der Waals surface area contributed by atoms with Crippen molar-refractivity contribution in [3.05, 3.63) is 35.1 Å². The fourth-order valence-corrected chi connectivity index (χ4v) is 2.37. The first-order valence-electron chi connectivity index (χ1n) is 6.09. The third-order valence-corrected chi connectivity index (χ3v) is 3.45. The number of halogens is 1. The summed E-state index contributed by atoms with van der Waals surface area (Å²) in [7, 11) is 0. The maximum Gasteiger partial charge on any atom is 0.128 e. The van der Waals surface area contributed by atoms with E-state index in [1.165, 1.54) is 6.07 Å². The van der Waals surface area contributed by atoms with Gasteiger partial charge in [-0.2, -0.15) is 0 Å². The molecule has 1 unspecified atom stereocenters. The average Bonchev–Trinajstić information content (AvgIpc) is 2.78. The fourth-order valence-electron chi connectivity index (χ4n) is 2.37. The van der Waals surface area contributed by atoms with Crippen molar-refractivity contribution in [2.24, 2.45) is 5.73 Å². The number of aliphatic hydroxyl groups excluding tert-OH is 1. The van der Waals surface area contributed by atoms with Crippen LogP contribution in [-0.4, -0.2) is 35.0 Å². The lowest BCUT2D eigenvalue weighted by Gasteiger charge is -2.22. The number of hydrogen-bond donors (Lipinski definition) is 3. The van der Waals surface area contributed by atoms with Crippen LogP contribution in [0.15, 0.2) is 18.2 Å². The smallest absolute Gasteiger partial charge is 0.128 e. The van der Waals surface area contributed by atoms with Gasteiger partial charge in [0.25, 0.3) is 0 Å². The predicted molar refractivity (Wildman–Crippen MR) is 67.9 cm³/mol. The Morgan fingerprint density at radius 3 is 2.94 bits per heavy atom. The molecule has 1 aliphatic rings. The van der Waals surface area contributed by atoms with Crippen molar-refractivity contribution in [1.29, 1.82) is 5.41 Å². The molecule has 1 heterocycles. The van der Waals surface area contributed by atoms with Gasteiger partial charge < -0.3 is 10.8 Å². The molecular formula is C13H18FN3O. The van der Waals surface area contributed by atoms with Crippen LogP contribution in [0.4, 0.5) is 4.39 Å². The third kappa shape index (κ3) is 2.68. The van der Waals surface area contributed by atoms with E-state index in [0.29, 0.717) is 17.7 Å². The van der Waals surface area contributed by atoms with Gasteiger partial charge in [0.15, 0.2) is 0 Å². The Labute approximate surface area is 106 Å². The molecule has 0 saturated carbocycles. The van der Waals surface area contributed by atoms with Crippen molar-refractivity contribution >= 4 is 5.84 Å². The molecule has 98 valence electrons. The lowest BCUT2D eigenvalue weighted by Crippen LogP contribution is -2.32. The summed E-state index contributed by atoms with van der Waals surface area (Å²) in [5, 5.41) is 16.5. The first kappa shape index (κ1) is 13.0. The van der Waals surface area contributed by atoms with Crippen LogP contribution in [-0.2, 0) is 6.54 Å². The topological polar surface area (TPSA) is 73.3 Å². The van der Waals surface area contributed by atoms with Crippen molar-refractivity contribution < 1.29 is 9.50 Å². The summed E-state index contributed by atoms with van der Waals surface area (Å²) in [5.41, 5.74) is 6.30. The molecule has 0 radical (unpaired) electrons. The van der Waals surface area contributed by atoms with E-state index in [0.717, 1.165) is 19.4 Å². The first-order valence-corrected chi connectivity index (χ1v) is 6.09. The second-order valence-corrected chi connectivity index (χ2v) is 4.67. The molecule has 4 nitrogen and oxygen atoms in total. The highest BCUT2D eigenvalue weighted by Crippen LogP contribution is 2.21. The molecule has 4 N–H and O–H groups in total. The Morgan fingerprint density at radius 2 is 2.33 bits per heavy atom. The van der Waals surface area contributed by atoms with Crippen LogP contribution in [0, 0.1) is 11.2 Å². The SMILES string of the molecule is N=C(N)c1ccc(CN2CCCC2CO)c(F)c1. The van der Waals surface area contributed by atoms with Gasteiger partial charge in [-0.05, 0) is 25.5 Å². The van der Waals surface area contributed by atoms with Crippen molar-refractivity contribution in [1.82, 2.24) is 4.90 Å². The molecule has 0 amide bonds. The minimum atomic E-state index is -0.341. The van der Waals surface area contributed by atoms with Crippen LogP contribution in [0.25, 0.3) is 0 Å². The van der Waals surface area contributed by atoms with Gasteiger partial charge in [-0.3, -0.25) is 10.3 Å². The molecule has 5 heteroatoms. The summed E-state index contributed by atoms with van der Waals surface area (Å²) in [6.07, 6.45) is 2.00. The van der Waals surface area contributed by atoms with Crippen LogP contribution in [0.5, 0.6) is 0 Å². The van der Waals surface area contributed by atoms with E-state index in [2.05, 4.69) is 4.90 Å². The molecule has 0 aromatic heterocycles. The molecule has 1 saturated heterocycles. The summed E-state index contributed by atoms with van der Waals surface area (Å²) in [5.74, 6) is -0.471. The summed E-state index contributed by atoms with van der Waals surface area (Å²) in [4.78, 5) is 2.09. The molecule has 1 atom stereocenters. The van der Waals surface area contributed by atoms with E-state index in [-0.39, 0.29) is 24.3 Å². The summed E-state index contributed by atoms with van der Waals surface area (Å²) in [6.45, 7) is 1.50. The molecule has 2 rings (SSSR count). The number of nitrogen functional groups attached to an aromatic ring is 1. The van der Waals surface area contributed by atoms with Crippen LogP contribution in [0.2, 0.25) is 0 Å². The lowest BCUT2D eigenvalue weighted by molar-refractivity contribution is 0.152. The van der Waals surface area contributed by atoms with Gasteiger partial charge >= 0.3 is 0 Å². The van der Waals surface area contributed by atoms with E-state index in [1.807, 2.05) is 0 Å². The molecular weight excluding hydrogens is 233 g/mol. The van der Waals surface area contributed by atoms with Crippen LogP contribution >= 0.6 is 0 Å². The van der Waals surface area contributed by atoms with E-state index < -0.39 is 0 Å². The summed E-state index contributed by atoms with van der Waals surface area (Å²) < 4.78 is 13.9. The monoisotopic (exact) mass is 251 g/mol. The second-order valence-electron chi connectivity index (χ2n) is 4.67. The van der Waals surface area contributed by atoms with Crippen LogP contribution in [0.3, 0.4) is 0 Å². The molecule has 1 aromatic carbocycles. The van der Waals surface area contributed by atoms with E-state index in [9.17, 15) is 9.50 Å². The Bertz CT molecular complexity index is 450. The quantitative estimate of drug-likeness (QED) is 0.553. The largest absolute Gasteiger partial charge is 0.395 e. The number of rotatable bonds is 4. The minimum Gasteiger partial charge on any atom is -0.395 e. The van der Waals surface area contributed by atoms with Gasteiger partial charge in [-0.15, -0.1) is 0 Å². The standard InChI is InChI=1S/C13H18FN3O/c14-12-6-9(13(15)16)3-4-10(12)7-17-5-1-2-11(17)8-18/h3-4,6,11,18H,1-2,5,7-8H2,(H3,15,16). The fraction of sp³-hybridized carbons (Fsp3) is 0.462. The van der Waals surface area contributed by atoms with Crippen molar-refractivity contribution in [2.75, 3.05) is 13.2 Å². The van der Waals surface area contributed by atoms with Crippen molar-refractivity contribution in [3.8, 4) is 0 Å². The highest BCUT2D eigenvalue weighted by Gasteiger charge is 2.24. The number of benzene rings is 1. The van der Waals surface area contributed by atoms with Gasteiger partial charge in [-0.25, -0.2) is 4.39 Å². The molecule has 0 spiro atoms. The molecule has 0 aliphatic carbocycles. The first-order chi connectivity index (χ1) is 8.61. The number of nitrogens with zero attached hydrogens (tertiary/aromatic N) is 1. The Hall–Kier alpha value is -1.46. The van der Waals surface area contributed by atoms with E-state index in [4.69, 9.17) is 11.1 Å². The zero-order valence-corrected chi connectivity index (χ0v) is 10.2. The highest BCUT2D eigenvalue weighted by molar-refractivity contribution is 5.94. The number of hydrogen-bond acceptors (Lipinski definition) is 3. The normalized spacial score (nSPS) is 20.2. The number of nitrogens with one attached hydrogen (secondary N) is 1. The number of aliphatic hydroxyl groups is 1. The highest BCUT2D eigenvalue weighted by atomic mass is 19.1. The molecule has 18 heavy (non-hydrogen) atoms. The number of amidine groups is 1. The van der Waals surface area contributed by atoms with Gasteiger partial charge in [0.05, 0.1) is 6.61 Å². The zero-order chi connectivity index (χ0) is 13.1. The van der Waals surface area contributed by atoms with Gasteiger partial charge in [0, 0.05) is 23.7 Å². The molecule has 0 bridgehead atoms. The maximum atomic E-state index is 13.9. The predicted octanol–water partition coefficient (Wildman–Crippen LogP) is 1.07. The lowest BCUT2D eigenvalue weighted by atomic mass is 10.1. The molecule has 1 fully saturated rings. The van der Waals surface area contributed by atoms with Gasteiger partial charge in [0.2, 0.25) is 0 Å². The number of likely N-dealkylation sites (tertiary alicyclic amines) is 1.